The van der Waals surface area contributed by atoms with Crippen LogP contribution in [0.5, 0.6) is 0 Å². The van der Waals surface area contributed by atoms with E-state index < -0.39 is 6.09 Å². The number of carbonyl (C=O) groups is 1. The average molecular weight is 209 g/mol. The molecule has 2 N–H and O–H groups in total. The first-order chi connectivity index (χ1) is 7.18. The lowest BCUT2D eigenvalue weighted by atomic mass is 9.77. The van der Waals surface area contributed by atoms with E-state index in [1.54, 1.807) is 0 Å². The summed E-state index contributed by atoms with van der Waals surface area (Å²) in [6.07, 6.45) is 11.6. The smallest absolute Gasteiger partial charge is 0.404 e. The summed E-state index contributed by atoms with van der Waals surface area (Å²) in [5, 5.41) is 11.1. The lowest BCUT2D eigenvalue weighted by molar-refractivity contribution is 0.187. The number of hydrogen-bond acceptors (Lipinski definition) is 1. The van der Waals surface area contributed by atoms with Crippen LogP contribution >= 0.6 is 0 Å². The molecule has 3 heteroatoms. The third kappa shape index (κ3) is 3.78. The van der Waals surface area contributed by atoms with Crippen LogP contribution in [0.25, 0.3) is 0 Å². The van der Waals surface area contributed by atoms with E-state index in [4.69, 9.17) is 5.11 Å². The van der Waals surface area contributed by atoms with Crippen molar-refractivity contribution in [2.75, 3.05) is 6.54 Å². The first-order valence-electron chi connectivity index (χ1n) is 5.50. The lowest BCUT2D eigenvalue weighted by Crippen LogP contribution is -2.36. The van der Waals surface area contributed by atoms with Crippen LogP contribution in [0, 0.1) is 5.41 Å². The van der Waals surface area contributed by atoms with E-state index in [1.807, 2.05) is 12.2 Å². The van der Waals surface area contributed by atoms with Crippen molar-refractivity contribution >= 4 is 6.09 Å². The fraction of sp³-hybridized carbons (Fsp3) is 0.583. The summed E-state index contributed by atoms with van der Waals surface area (Å²) in [5.74, 6) is 0. The monoisotopic (exact) mass is 209 g/mol. The Bertz CT molecular complexity index is 271. The summed E-state index contributed by atoms with van der Waals surface area (Å²) in [5.41, 5.74) is 0.00313. The van der Waals surface area contributed by atoms with Gasteiger partial charge in [-0.2, -0.15) is 0 Å². The Morgan fingerprint density at radius 2 is 2.33 bits per heavy atom. The van der Waals surface area contributed by atoms with Crippen LogP contribution in [0.2, 0.25) is 0 Å². The molecule has 1 aliphatic carbocycles. The third-order valence-electron chi connectivity index (χ3n) is 2.84. The Labute approximate surface area is 90.9 Å². The molecule has 1 unspecified atom stereocenters. The molecule has 0 spiro atoms. The van der Waals surface area contributed by atoms with Gasteiger partial charge in [-0.3, -0.25) is 0 Å². The Morgan fingerprint density at radius 3 is 2.87 bits per heavy atom. The van der Waals surface area contributed by atoms with Gasteiger partial charge in [0.1, 0.15) is 0 Å². The minimum absolute atomic E-state index is 0.00313. The Morgan fingerprint density at radius 1 is 1.53 bits per heavy atom. The van der Waals surface area contributed by atoms with Gasteiger partial charge in [-0.05, 0) is 12.8 Å². The average Bonchev–Trinajstić information content (AvgIpc) is 2.25. The van der Waals surface area contributed by atoms with Gasteiger partial charge >= 0.3 is 6.09 Å². The van der Waals surface area contributed by atoms with Crippen LogP contribution in [0.15, 0.2) is 24.3 Å². The zero-order valence-corrected chi connectivity index (χ0v) is 9.20. The first kappa shape index (κ1) is 11.8. The SMILES string of the molecule is CCCCC1(CNC(=O)O)C=CC=CC1. The van der Waals surface area contributed by atoms with Gasteiger partial charge in [0.25, 0.3) is 0 Å². The van der Waals surface area contributed by atoms with Crippen molar-refractivity contribution in [3.05, 3.63) is 24.3 Å². The van der Waals surface area contributed by atoms with Gasteiger partial charge in [0, 0.05) is 12.0 Å². The van der Waals surface area contributed by atoms with Crippen molar-refractivity contribution in [1.82, 2.24) is 5.32 Å². The maximum atomic E-state index is 10.5. The topological polar surface area (TPSA) is 49.3 Å². The Hall–Kier alpha value is -1.25. The van der Waals surface area contributed by atoms with E-state index >= 15 is 0 Å². The summed E-state index contributed by atoms with van der Waals surface area (Å²) in [6.45, 7) is 2.67. The quantitative estimate of drug-likeness (QED) is 0.731. The van der Waals surface area contributed by atoms with Crippen molar-refractivity contribution in [1.29, 1.82) is 0 Å². The molecule has 0 heterocycles. The molecule has 0 aromatic rings. The lowest BCUT2D eigenvalue weighted by Gasteiger charge is -2.31. The van der Waals surface area contributed by atoms with E-state index in [0.717, 1.165) is 25.7 Å². The summed E-state index contributed by atoms with van der Waals surface area (Å²) in [6, 6.07) is 0. The molecule has 0 saturated heterocycles. The molecule has 1 aliphatic rings. The Balaban J connectivity index is 2.55. The highest BCUT2D eigenvalue weighted by atomic mass is 16.4. The molecule has 15 heavy (non-hydrogen) atoms. The van der Waals surface area contributed by atoms with Gasteiger partial charge < -0.3 is 10.4 Å². The van der Waals surface area contributed by atoms with Crippen LogP contribution in [0.4, 0.5) is 4.79 Å². The molecule has 0 aromatic heterocycles. The van der Waals surface area contributed by atoms with Crippen molar-refractivity contribution in [3.63, 3.8) is 0 Å². The third-order valence-corrected chi connectivity index (χ3v) is 2.84. The van der Waals surface area contributed by atoms with E-state index in [1.165, 1.54) is 0 Å². The predicted molar refractivity (Wildman–Crippen MR) is 60.9 cm³/mol. The van der Waals surface area contributed by atoms with Crippen LogP contribution < -0.4 is 5.32 Å². The molecule has 0 saturated carbocycles. The molecular formula is C12H19NO2. The highest BCUT2D eigenvalue weighted by Gasteiger charge is 2.26. The van der Waals surface area contributed by atoms with Gasteiger partial charge in [0.05, 0.1) is 0 Å². The molecule has 1 atom stereocenters. The molecule has 3 nitrogen and oxygen atoms in total. The summed E-state index contributed by atoms with van der Waals surface area (Å²) < 4.78 is 0. The highest BCUT2D eigenvalue weighted by molar-refractivity contribution is 5.64. The Kier molecular flexibility index (Phi) is 4.40. The second-order valence-corrected chi connectivity index (χ2v) is 4.12. The van der Waals surface area contributed by atoms with Crippen LogP contribution in [-0.2, 0) is 0 Å². The number of rotatable bonds is 5. The fourth-order valence-electron chi connectivity index (χ4n) is 1.89. The zero-order chi connectivity index (χ0) is 11.1. The number of unbranched alkanes of at least 4 members (excludes halogenated alkanes) is 1. The van der Waals surface area contributed by atoms with Gasteiger partial charge in [-0.15, -0.1) is 0 Å². The minimum atomic E-state index is -0.936. The number of carboxylic acid groups (broad SMARTS) is 1. The molecule has 0 aromatic carbocycles. The number of hydrogen-bond donors (Lipinski definition) is 2. The molecule has 0 radical (unpaired) electrons. The van der Waals surface area contributed by atoms with Gasteiger partial charge in [-0.1, -0.05) is 44.1 Å². The molecule has 0 fully saturated rings. The largest absolute Gasteiger partial charge is 0.465 e. The fourth-order valence-corrected chi connectivity index (χ4v) is 1.89. The standard InChI is InChI=1S/C12H19NO2/c1-2-3-7-12(10-13-11(14)15)8-5-4-6-9-12/h4-6,8,13H,2-3,7,9-10H2,1H3,(H,14,15). The maximum absolute atomic E-state index is 10.5. The molecule has 1 amide bonds. The summed E-state index contributed by atoms with van der Waals surface area (Å²) in [4.78, 5) is 10.5. The second-order valence-electron chi connectivity index (χ2n) is 4.12. The predicted octanol–water partition coefficient (Wildman–Crippen LogP) is 2.95. The molecular weight excluding hydrogens is 190 g/mol. The van der Waals surface area contributed by atoms with Gasteiger partial charge in [-0.25, -0.2) is 4.79 Å². The zero-order valence-electron chi connectivity index (χ0n) is 9.20. The molecule has 1 rings (SSSR count). The number of nitrogens with one attached hydrogen (secondary N) is 1. The number of allylic oxidation sites excluding steroid dienone is 3. The van der Waals surface area contributed by atoms with Crippen molar-refractivity contribution in [2.45, 2.75) is 32.6 Å². The van der Waals surface area contributed by atoms with Crippen LogP contribution in [0.1, 0.15) is 32.6 Å². The van der Waals surface area contributed by atoms with Crippen molar-refractivity contribution in [3.8, 4) is 0 Å². The molecule has 0 bridgehead atoms. The maximum Gasteiger partial charge on any atom is 0.404 e. The van der Waals surface area contributed by atoms with E-state index in [2.05, 4.69) is 24.4 Å². The van der Waals surface area contributed by atoms with Crippen molar-refractivity contribution < 1.29 is 9.90 Å². The summed E-state index contributed by atoms with van der Waals surface area (Å²) in [7, 11) is 0. The molecule has 0 aliphatic heterocycles. The van der Waals surface area contributed by atoms with Gasteiger partial charge in [0.2, 0.25) is 0 Å². The van der Waals surface area contributed by atoms with E-state index in [0.29, 0.717) is 6.54 Å². The second kappa shape index (κ2) is 5.59. The first-order valence-corrected chi connectivity index (χ1v) is 5.50. The van der Waals surface area contributed by atoms with E-state index in [-0.39, 0.29) is 5.41 Å². The van der Waals surface area contributed by atoms with Crippen LogP contribution in [0.3, 0.4) is 0 Å². The molecule has 84 valence electrons. The summed E-state index contributed by atoms with van der Waals surface area (Å²) >= 11 is 0. The number of amides is 1. The minimum Gasteiger partial charge on any atom is -0.465 e. The van der Waals surface area contributed by atoms with Crippen molar-refractivity contribution in [2.24, 2.45) is 5.41 Å². The van der Waals surface area contributed by atoms with Crippen LogP contribution in [-0.4, -0.2) is 17.7 Å². The van der Waals surface area contributed by atoms with Gasteiger partial charge in [0.15, 0.2) is 0 Å². The van der Waals surface area contributed by atoms with E-state index in [9.17, 15) is 4.79 Å². The highest BCUT2D eigenvalue weighted by Crippen LogP contribution is 2.32. The normalized spacial score (nSPS) is 24.1.